The van der Waals surface area contributed by atoms with E-state index in [0.29, 0.717) is 5.54 Å². The topological polar surface area (TPSA) is 39.1 Å². The maximum Gasteiger partial charge on any atom is 0.0991 e. The second-order valence-electron chi connectivity index (χ2n) is 5.78. The monoisotopic (exact) mass is 255 g/mol. The molecule has 1 N–H and O–H groups in total. The number of nitrogens with one attached hydrogen (secondary N) is 1. The highest BCUT2D eigenvalue weighted by atomic mass is 15.2. The van der Waals surface area contributed by atoms with Crippen LogP contribution in [0.2, 0.25) is 0 Å². The third-order valence-electron chi connectivity index (χ3n) is 4.74. The highest BCUT2D eigenvalue weighted by Crippen LogP contribution is 2.41. The van der Waals surface area contributed by atoms with Gasteiger partial charge in [-0.05, 0) is 69.5 Å². The summed E-state index contributed by atoms with van der Waals surface area (Å²) in [5.41, 5.74) is 2.35. The van der Waals surface area contributed by atoms with Gasteiger partial charge in [-0.3, -0.25) is 4.90 Å². The molecule has 1 aromatic carbocycles. The molecular formula is C16H21N3. The molecular weight excluding hydrogens is 234 g/mol. The van der Waals surface area contributed by atoms with Crippen LogP contribution in [0.15, 0.2) is 24.3 Å². The van der Waals surface area contributed by atoms with Crippen LogP contribution in [0.4, 0.5) is 5.69 Å². The van der Waals surface area contributed by atoms with Gasteiger partial charge in [0, 0.05) is 17.8 Å². The van der Waals surface area contributed by atoms with Gasteiger partial charge in [0.1, 0.15) is 0 Å². The maximum absolute atomic E-state index is 8.77. The molecule has 0 aromatic heterocycles. The van der Waals surface area contributed by atoms with Crippen LogP contribution in [0.5, 0.6) is 0 Å². The van der Waals surface area contributed by atoms with Crippen molar-refractivity contribution < 1.29 is 0 Å². The molecule has 0 aliphatic carbocycles. The lowest BCUT2D eigenvalue weighted by Crippen LogP contribution is -2.39. The van der Waals surface area contributed by atoms with Crippen molar-refractivity contribution in [3.05, 3.63) is 29.8 Å². The molecule has 2 aliphatic heterocycles. The van der Waals surface area contributed by atoms with Gasteiger partial charge in [-0.25, -0.2) is 0 Å². The Hall–Kier alpha value is -1.53. The fourth-order valence-corrected chi connectivity index (χ4v) is 3.74. The van der Waals surface area contributed by atoms with Gasteiger partial charge < -0.3 is 5.32 Å². The van der Waals surface area contributed by atoms with Crippen molar-refractivity contribution >= 4 is 5.69 Å². The highest BCUT2D eigenvalue weighted by Gasteiger charge is 2.43. The summed E-state index contributed by atoms with van der Waals surface area (Å²) >= 11 is 0. The van der Waals surface area contributed by atoms with Crippen LogP contribution in [0.1, 0.15) is 37.7 Å². The molecule has 0 bridgehead atoms. The first-order chi connectivity index (χ1) is 9.32. The second kappa shape index (κ2) is 5.22. The molecule has 0 spiro atoms. The Kier molecular flexibility index (Phi) is 3.44. The summed E-state index contributed by atoms with van der Waals surface area (Å²) < 4.78 is 0. The van der Waals surface area contributed by atoms with Crippen molar-refractivity contribution in [1.82, 2.24) is 4.90 Å². The van der Waals surface area contributed by atoms with Gasteiger partial charge in [0.15, 0.2) is 0 Å². The normalized spacial score (nSPS) is 21.0. The van der Waals surface area contributed by atoms with Gasteiger partial charge >= 0.3 is 0 Å². The molecule has 3 heteroatoms. The van der Waals surface area contributed by atoms with E-state index >= 15 is 0 Å². The zero-order valence-electron chi connectivity index (χ0n) is 11.4. The Morgan fingerprint density at radius 3 is 2.47 bits per heavy atom. The zero-order chi connectivity index (χ0) is 13.1. The molecule has 0 saturated carbocycles. The molecule has 19 heavy (non-hydrogen) atoms. The van der Waals surface area contributed by atoms with E-state index in [2.05, 4.69) is 16.3 Å². The Labute approximate surface area is 115 Å². The van der Waals surface area contributed by atoms with Gasteiger partial charge in [0.05, 0.1) is 11.6 Å². The molecule has 2 fully saturated rings. The van der Waals surface area contributed by atoms with Gasteiger partial charge in [0.2, 0.25) is 0 Å². The summed E-state index contributed by atoms with van der Waals surface area (Å²) in [6, 6.07) is 9.89. The van der Waals surface area contributed by atoms with Crippen molar-refractivity contribution in [3.8, 4) is 6.07 Å². The number of anilines is 1. The van der Waals surface area contributed by atoms with E-state index in [4.69, 9.17) is 5.26 Å². The standard InChI is InChI=1S/C16H21N3/c17-13-14-3-5-15(6-4-14)18-10-9-16-7-1-11-19(16)12-2-8-16/h3-6,18H,1-2,7-12H2. The second-order valence-corrected chi connectivity index (χ2v) is 5.78. The number of nitriles is 1. The summed E-state index contributed by atoms with van der Waals surface area (Å²) in [6.07, 6.45) is 6.74. The molecule has 2 heterocycles. The molecule has 0 atom stereocenters. The molecule has 1 aromatic rings. The van der Waals surface area contributed by atoms with Crippen LogP contribution >= 0.6 is 0 Å². The largest absolute Gasteiger partial charge is 0.385 e. The predicted octanol–water partition coefficient (Wildman–Crippen LogP) is 2.99. The third-order valence-corrected chi connectivity index (χ3v) is 4.74. The maximum atomic E-state index is 8.77. The summed E-state index contributed by atoms with van der Waals surface area (Å²) in [5, 5.41) is 12.3. The van der Waals surface area contributed by atoms with Gasteiger partial charge in [-0.15, -0.1) is 0 Å². The summed E-state index contributed by atoms with van der Waals surface area (Å²) in [5.74, 6) is 0. The highest BCUT2D eigenvalue weighted by molar-refractivity contribution is 5.47. The number of fused-ring (bicyclic) bond motifs is 1. The fraction of sp³-hybridized carbons (Fsp3) is 0.562. The molecule has 3 nitrogen and oxygen atoms in total. The van der Waals surface area contributed by atoms with Gasteiger partial charge in [-0.1, -0.05) is 0 Å². The Morgan fingerprint density at radius 1 is 1.16 bits per heavy atom. The van der Waals surface area contributed by atoms with Crippen molar-refractivity contribution in [2.24, 2.45) is 0 Å². The number of rotatable bonds is 4. The van der Waals surface area contributed by atoms with Gasteiger partial charge in [0.25, 0.3) is 0 Å². The van der Waals surface area contributed by atoms with Crippen LogP contribution < -0.4 is 5.32 Å². The van der Waals surface area contributed by atoms with Crippen molar-refractivity contribution in [3.63, 3.8) is 0 Å². The first-order valence-electron chi connectivity index (χ1n) is 7.32. The summed E-state index contributed by atoms with van der Waals surface area (Å²) in [4.78, 5) is 2.70. The minimum atomic E-state index is 0.500. The first kappa shape index (κ1) is 12.5. The Bertz CT molecular complexity index is 462. The van der Waals surface area contributed by atoms with Crippen molar-refractivity contribution in [1.29, 1.82) is 5.26 Å². The van der Waals surface area contributed by atoms with Crippen LogP contribution in [-0.2, 0) is 0 Å². The Balaban J connectivity index is 1.54. The predicted molar refractivity (Wildman–Crippen MR) is 77.0 cm³/mol. The summed E-state index contributed by atoms with van der Waals surface area (Å²) in [6.45, 7) is 3.64. The lowest BCUT2D eigenvalue weighted by molar-refractivity contribution is 0.187. The van der Waals surface area contributed by atoms with Gasteiger partial charge in [-0.2, -0.15) is 5.26 Å². The smallest absolute Gasteiger partial charge is 0.0991 e. The molecule has 0 amide bonds. The molecule has 2 aliphatic rings. The van der Waals surface area contributed by atoms with E-state index in [0.717, 1.165) is 17.8 Å². The van der Waals surface area contributed by atoms with Crippen LogP contribution in [0, 0.1) is 11.3 Å². The quantitative estimate of drug-likeness (QED) is 0.899. The minimum absolute atomic E-state index is 0.500. The van der Waals surface area contributed by atoms with E-state index in [9.17, 15) is 0 Å². The molecule has 0 radical (unpaired) electrons. The van der Waals surface area contributed by atoms with Crippen molar-refractivity contribution in [2.45, 2.75) is 37.6 Å². The first-order valence-corrected chi connectivity index (χ1v) is 7.32. The average molecular weight is 255 g/mol. The lowest BCUT2D eigenvalue weighted by Gasteiger charge is -2.32. The number of nitrogens with zero attached hydrogens (tertiary/aromatic N) is 2. The third kappa shape index (κ3) is 2.46. The molecule has 3 rings (SSSR count). The fourth-order valence-electron chi connectivity index (χ4n) is 3.74. The average Bonchev–Trinajstić information content (AvgIpc) is 2.99. The van der Waals surface area contributed by atoms with E-state index in [1.165, 1.54) is 45.2 Å². The van der Waals surface area contributed by atoms with Crippen LogP contribution in [0.3, 0.4) is 0 Å². The molecule has 0 unspecified atom stereocenters. The van der Waals surface area contributed by atoms with E-state index in [1.54, 1.807) is 0 Å². The number of benzene rings is 1. The Morgan fingerprint density at radius 2 is 1.84 bits per heavy atom. The molecule has 100 valence electrons. The van der Waals surface area contributed by atoms with Crippen molar-refractivity contribution in [2.75, 3.05) is 25.0 Å². The van der Waals surface area contributed by atoms with E-state index in [-0.39, 0.29) is 0 Å². The van der Waals surface area contributed by atoms with E-state index in [1.807, 2.05) is 24.3 Å². The zero-order valence-corrected chi connectivity index (χ0v) is 11.4. The number of hydrogen-bond acceptors (Lipinski definition) is 3. The number of hydrogen-bond donors (Lipinski definition) is 1. The SMILES string of the molecule is N#Cc1ccc(NCCC23CCCN2CCC3)cc1. The lowest BCUT2D eigenvalue weighted by atomic mass is 9.90. The van der Waals surface area contributed by atoms with Crippen LogP contribution in [-0.4, -0.2) is 30.1 Å². The molecule has 2 saturated heterocycles. The van der Waals surface area contributed by atoms with E-state index < -0.39 is 0 Å². The minimum Gasteiger partial charge on any atom is -0.385 e. The summed E-state index contributed by atoms with van der Waals surface area (Å²) in [7, 11) is 0. The van der Waals surface area contributed by atoms with Crippen LogP contribution in [0.25, 0.3) is 0 Å².